The number of halogens is 2. The van der Waals surface area contributed by atoms with Gasteiger partial charge in [0.1, 0.15) is 5.75 Å². The summed E-state index contributed by atoms with van der Waals surface area (Å²) in [5, 5.41) is 3.27. The predicted octanol–water partition coefficient (Wildman–Crippen LogP) is 3.58. The quantitative estimate of drug-likeness (QED) is 0.790. The topological polar surface area (TPSA) is 58.6 Å². The fourth-order valence-electron chi connectivity index (χ4n) is 1.87. The van der Waals surface area contributed by atoms with E-state index in [1.54, 1.807) is 37.4 Å². The lowest BCUT2D eigenvalue weighted by molar-refractivity contribution is -0.135. The van der Waals surface area contributed by atoms with Crippen LogP contribution in [-0.4, -0.2) is 36.9 Å². The van der Waals surface area contributed by atoms with Gasteiger partial charge in [-0.3, -0.25) is 9.59 Å². The van der Waals surface area contributed by atoms with Crippen molar-refractivity contribution < 1.29 is 14.3 Å². The fourth-order valence-corrected chi connectivity index (χ4v) is 2.43. The lowest BCUT2D eigenvalue weighted by atomic mass is 10.3. The molecule has 0 radical (unpaired) electrons. The molecule has 0 aromatic heterocycles. The van der Waals surface area contributed by atoms with E-state index in [0.717, 1.165) is 4.47 Å². The van der Waals surface area contributed by atoms with Crippen LogP contribution in [0.5, 0.6) is 5.75 Å². The molecular formula is C17H16BrClN2O3. The van der Waals surface area contributed by atoms with E-state index in [-0.39, 0.29) is 25.0 Å². The molecule has 0 unspecified atom stereocenters. The summed E-state index contributed by atoms with van der Waals surface area (Å²) in [6, 6.07) is 14.0. The number of anilines is 1. The molecule has 0 fully saturated rings. The molecular weight excluding hydrogens is 396 g/mol. The van der Waals surface area contributed by atoms with E-state index in [1.807, 2.05) is 18.2 Å². The first-order valence-electron chi connectivity index (χ1n) is 7.12. The number of carbonyl (C=O) groups excluding carboxylic acids is 2. The van der Waals surface area contributed by atoms with Crippen molar-refractivity contribution in [2.75, 3.05) is 25.5 Å². The van der Waals surface area contributed by atoms with E-state index in [4.69, 9.17) is 16.3 Å². The third kappa shape index (κ3) is 5.54. The second kappa shape index (κ2) is 8.70. The van der Waals surface area contributed by atoms with Crippen LogP contribution in [0, 0.1) is 0 Å². The number of amides is 2. The van der Waals surface area contributed by atoms with Crippen LogP contribution in [0.4, 0.5) is 5.69 Å². The molecule has 0 spiro atoms. The molecule has 0 saturated heterocycles. The molecule has 0 aliphatic rings. The first-order chi connectivity index (χ1) is 11.5. The third-order valence-corrected chi connectivity index (χ3v) is 4.04. The van der Waals surface area contributed by atoms with E-state index >= 15 is 0 Å². The zero-order chi connectivity index (χ0) is 17.5. The van der Waals surface area contributed by atoms with Crippen molar-refractivity contribution >= 4 is 45.0 Å². The zero-order valence-corrected chi connectivity index (χ0v) is 15.3. The van der Waals surface area contributed by atoms with Crippen molar-refractivity contribution in [3.05, 3.63) is 58.0 Å². The second-order valence-corrected chi connectivity index (χ2v) is 6.31. The minimum Gasteiger partial charge on any atom is -0.484 e. The van der Waals surface area contributed by atoms with E-state index in [2.05, 4.69) is 21.2 Å². The summed E-state index contributed by atoms with van der Waals surface area (Å²) in [7, 11) is 1.54. The highest BCUT2D eigenvalue weighted by atomic mass is 79.9. The molecule has 1 N–H and O–H groups in total. The smallest absolute Gasteiger partial charge is 0.260 e. The van der Waals surface area contributed by atoms with Crippen LogP contribution in [0.15, 0.2) is 53.0 Å². The van der Waals surface area contributed by atoms with Crippen molar-refractivity contribution in [3.63, 3.8) is 0 Å². The van der Waals surface area contributed by atoms with Crippen LogP contribution in [0.2, 0.25) is 5.02 Å². The summed E-state index contributed by atoms with van der Waals surface area (Å²) in [6.07, 6.45) is 0. The Bertz CT molecular complexity index is 739. The number of ether oxygens (including phenoxy) is 1. The van der Waals surface area contributed by atoms with Gasteiger partial charge in [0.15, 0.2) is 6.61 Å². The Morgan fingerprint density at radius 3 is 2.67 bits per heavy atom. The number of likely N-dealkylation sites (N-methyl/N-ethyl adjacent to an activating group) is 1. The number of carbonyl (C=O) groups is 2. The van der Waals surface area contributed by atoms with Crippen molar-refractivity contribution in [2.45, 2.75) is 0 Å². The maximum Gasteiger partial charge on any atom is 0.260 e. The Morgan fingerprint density at radius 2 is 1.96 bits per heavy atom. The molecule has 0 aliphatic carbocycles. The van der Waals surface area contributed by atoms with E-state index in [1.165, 1.54) is 4.90 Å². The molecule has 7 heteroatoms. The van der Waals surface area contributed by atoms with Gasteiger partial charge in [0.2, 0.25) is 5.91 Å². The number of hydrogen-bond acceptors (Lipinski definition) is 3. The summed E-state index contributed by atoms with van der Waals surface area (Å²) in [5.41, 5.74) is 0.651. The lowest BCUT2D eigenvalue weighted by Crippen LogP contribution is -2.37. The lowest BCUT2D eigenvalue weighted by Gasteiger charge is -2.17. The third-order valence-electron chi connectivity index (χ3n) is 3.11. The molecule has 0 saturated carbocycles. The highest BCUT2D eigenvalue weighted by molar-refractivity contribution is 9.10. The van der Waals surface area contributed by atoms with E-state index < -0.39 is 0 Å². The number of rotatable bonds is 6. The molecule has 0 bridgehead atoms. The van der Waals surface area contributed by atoms with Crippen molar-refractivity contribution in [1.29, 1.82) is 0 Å². The van der Waals surface area contributed by atoms with Crippen LogP contribution in [-0.2, 0) is 9.59 Å². The average Bonchev–Trinajstić information content (AvgIpc) is 2.54. The van der Waals surface area contributed by atoms with Gasteiger partial charge in [-0.25, -0.2) is 0 Å². The molecule has 2 aromatic carbocycles. The Kier molecular flexibility index (Phi) is 6.63. The molecule has 2 aromatic rings. The van der Waals surface area contributed by atoms with Gasteiger partial charge in [-0.1, -0.05) is 29.8 Å². The van der Waals surface area contributed by atoms with Crippen LogP contribution in [0.3, 0.4) is 0 Å². The SMILES string of the molecule is CN(CC(=O)Nc1ccccc1Br)C(=O)COc1cccc(Cl)c1. The summed E-state index contributed by atoms with van der Waals surface area (Å²) < 4.78 is 6.15. The molecule has 2 rings (SSSR count). The van der Waals surface area contributed by atoms with E-state index in [0.29, 0.717) is 16.5 Å². The Hall–Kier alpha value is -2.05. The zero-order valence-electron chi connectivity index (χ0n) is 13.0. The Balaban J connectivity index is 1.82. The molecule has 0 atom stereocenters. The maximum absolute atomic E-state index is 12.0. The van der Waals surface area contributed by atoms with Gasteiger partial charge < -0.3 is 15.0 Å². The van der Waals surface area contributed by atoms with Crippen molar-refractivity contribution in [2.24, 2.45) is 0 Å². The normalized spacial score (nSPS) is 10.1. The van der Waals surface area contributed by atoms with Crippen LogP contribution in [0.25, 0.3) is 0 Å². The summed E-state index contributed by atoms with van der Waals surface area (Å²) in [5.74, 6) is -0.0975. The van der Waals surface area contributed by atoms with Crippen molar-refractivity contribution in [3.8, 4) is 5.75 Å². The number of nitrogens with one attached hydrogen (secondary N) is 1. The second-order valence-electron chi connectivity index (χ2n) is 5.02. The van der Waals surface area contributed by atoms with Gasteiger partial charge in [-0.2, -0.15) is 0 Å². The molecule has 24 heavy (non-hydrogen) atoms. The number of benzene rings is 2. The highest BCUT2D eigenvalue weighted by Gasteiger charge is 2.14. The summed E-state index contributed by atoms with van der Waals surface area (Å²) in [6.45, 7) is -0.238. The van der Waals surface area contributed by atoms with Gasteiger partial charge in [0.05, 0.1) is 12.2 Å². The molecule has 126 valence electrons. The highest BCUT2D eigenvalue weighted by Crippen LogP contribution is 2.21. The fraction of sp³-hybridized carbons (Fsp3) is 0.176. The van der Waals surface area contributed by atoms with Crippen LogP contribution < -0.4 is 10.1 Å². The first kappa shape index (κ1) is 18.3. The maximum atomic E-state index is 12.0. The molecule has 5 nitrogen and oxygen atoms in total. The van der Waals surface area contributed by atoms with Gasteiger partial charge in [0.25, 0.3) is 5.91 Å². The Morgan fingerprint density at radius 1 is 1.21 bits per heavy atom. The minimum atomic E-state index is -0.308. The molecule has 2 amide bonds. The van der Waals surface area contributed by atoms with E-state index in [9.17, 15) is 9.59 Å². The Labute approximate surface area is 153 Å². The van der Waals surface area contributed by atoms with Crippen LogP contribution in [0.1, 0.15) is 0 Å². The standard InChI is InChI=1S/C17H16BrClN2O3/c1-21(10-16(22)20-15-8-3-2-7-14(15)18)17(23)11-24-13-6-4-5-12(19)9-13/h2-9H,10-11H2,1H3,(H,20,22). The van der Waals surface area contributed by atoms with Crippen LogP contribution >= 0.6 is 27.5 Å². The first-order valence-corrected chi connectivity index (χ1v) is 8.29. The number of nitrogens with zero attached hydrogens (tertiary/aromatic N) is 1. The number of para-hydroxylation sites is 1. The van der Waals surface area contributed by atoms with Crippen molar-refractivity contribution in [1.82, 2.24) is 4.90 Å². The molecule has 0 heterocycles. The van der Waals surface area contributed by atoms with Gasteiger partial charge in [0, 0.05) is 16.5 Å². The summed E-state index contributed by atoms with van der Waals surface area (Å²) in [4.78, 5) is 25.4. The minimum absolute atomic E-state index is 0.0704. The van der Waals surface area contributed by atoms with Gasteiger partial charge >= 0.3 is 0 Å². The largest absolute Gasteiger partial charge is 0.484 e. The monoisotopic (exact) mass is 410 g/mol. The number of hydrogen-bond donors (Lipinski definition) is 1. The molecule has 0 aliphatic heterocycles. The average molecular weight is 412 g/mol. The van der Waals surface area contributed by atoms with Gasteiger partial charge in [-0.05, 0) is 46.3 Å². The predicted molar refractivity (Wildman–Crippen MR) is 97.4 cm³/mol. The summed E-state index contributed by atoms with van der Waals surface area (Å²) >= 11 is 9.20. The van der Waals surface area contributed by atoms with Gasteiger partial charge in [-0.15, -0.1) is 0 Å².